The van der Waals surface area contributed by atoms with Crippen LogP contribution in [0.2, 0.25) is 5.15 Å². The molecule has 5 nitrogen and oxygen atoms in total. The Morgan fingerprint density at radius 2 is 2.11 bits per heavy atom. The van der Waals surface area contributed by atoms with Crippen molar-refractivity contribution >= 4 is 17.4 Å². The predicted molar refractivity (Wildman–Crippen MR) is 76.8 cm³/mol. The van der Waals surface area contributed by atoms with Gasteiger partial charge in [0.2, 0.25) is 0 Å². The number of hydrogen-bond donors (Lipinski definition) is 2. The van der Waals surface area contributed by atoms with Crippen molar-refractivity contribution in [3.8, 4) is 0 Å². The van der Waals surface area contributed by atoms with E-state index in [-0.39, 0.29) is 6.61 Å². The zero-order chi connectivity index (χ0) is 14.1. The lowest BCUT2D eigenvalue weighted by Gasteiger charge is -2.11. The normalized spacial score (nSPS) is 10.7. The second kappa shape index (κ2) is 9.07. The first-order chi connectivity index (χ1) is 9.19. The first-order valence-corrected chi connectivity index (χ1v) is 7.02. The maximum Gasteiger partial charge on any atom is 0.137 e. The van der Waals surface area contributed by atoms with Gasteiger partial charge in [0.05, 0.1) is 13.2 Å². The van der Waals surface area contributed by atoms with Gasteiger partial charge in [-0.3, -0.25) is 0 Å². The summed E-state index contributed by atoms with van der Waals surface area (Å²) in [4.78, 5) is 8.72. The fraction of sp³-hybridized carbons (Fsp3) is 0.692. The van der Waals surface area contributed by atoms with E-state index in [1.165, 1.54) is 0 Å². The zero-order valence-electron chi connectivity index (χ0n) is 11.6. The van der Waals surface area contributed by atoms with Gasteiger partial charge < -0.3 is 15.2 Å². The van der Waals surface area contributed by atoms with Crippen LogP contribution in [0, 0.1) is 6.92 Å². The highest BCUT2D eigenvalue weighted by Gasteiger charge is 2.08. The van der Waals surface area contributed by atoms with Crippen molar-refractivity contribution < 1.29 is 9.84 Å². The Hall–Kier alpha value is -0.910. The Balaban J connectivity index is 2.47. The molecule has 0 saturated carbocycles. The number of nitrogens with zero attached hydrogens (tertiary/aromatic N) is 2. The van der Waals surface area contributed by atoms with Crippen molar-refractivity contribution in [1.82, 2.24) is 9.97 Å². The molecule has 0 atom stereocenters. The van der Waals surface area contributed by atoms with Crippen LogP contribution < -0.4 is 5.32 Å². The molecule has 19 heavy (non-hydrogen) atoms. The minimum absolute atomic E-state index is 0.0639. The molecule has 0 radical (unpaired) electrons. The lowest BCUT2D eigenvalue weighted by atomic mass is 10.3. The van der Waals surface area contributed by atoms with Crippen LogP contribution in [0.1, 0.15) is 31.2 Å². The summed E-state index contributed by atoms with van der Waals surface area (Å²) in [6.07, 6.45) is 2.67. The number of aliphatic hydroxyl groups is 1. The van der Waals surface area contributed by atoms with Gasteiger partial charge >= 0.3 is 0 Å². The Kier molecular flexibility index (Phi) is 7.70. The first-order valence-electron chi connectivity index (χ1n) is 6.64. The maximum atomic E-state index is 8.58. The molecule has 0 saturated heterocycles. The molecule has 0 spiro atoms. The van der Waals surface area contributed by atoms with E-state index in [2.05, 4.69) is 22.2 Å². The van der Waals surface area contributed by atoms with Crippen molar-refractivity contribution in [2.45, 2.75) is 33.1 Å². The average molecular weight is 288 g/mol. The fourth-order valence-electron chi connectivity index (χ4n) is 1.59. The fourth-order valence-corrected chi connectivity index (χ4v) is 1.77. The van der Waals surface area contributed by atoms with Gasteiger partial charge in [-0.2, -0.15) is 0 Å². The summed E-state index contributed by atoms with van der Waals surface area (Å²) < 4.78 is 5.19. The number of ether oxygens (including phenoxy) is 1. The van der Waals surface area contributed by atoms with Gasteiger partial charge in [-0.1, -0.05) is 18.5 Å². The van der Waals surface area contributed by atoms with Gasteiger partial charge in [-0.15, -0.1) is 0 Å². The average Bonchev–Trinajstić information content (AvgIpc) is 2.39. The maximum absolute atomic E-state index is 8.58. The lowest BCUT2D eigenvalue weighted by molar-refractivity contribution is 0.0922. The van der Waals surface area contributed by atoms with Crippen molar-refractivity contribution in [2.75, 3.05) is 31.7 Å². The predicted octanol–water partition coefficient (Wildman–Crippen LogP) is 2.20. The molecule has 0 aliphatic heterocycles. The van der Waals surface area contributed by atoms with Crippen LogP contribution in [0.25, 0.3) is 0 Å². The highest BCUT2D eigenvalue weighted by Crippen LogP contribution is 2.20. The first kappa shape index (κ1) is 16.1. The number of hydrogen-bond acceptors (Lipinski definition) is 5. The summed E-state index contributed by atoms with van der Waals surface area (Å²) in [5.74, 6) is 1.57. The van der Waals surface area contributed by atoms with Crippen LogP contribution in [0.5, 0.6) is 0 Å². The molecule has 108 valence electrons. The number of aryl methyl sites for hydroxylation is 1. The highest BCUT2D eigenvalue weighted by atomic mass is 35.5. The Morgan fingerprint density at radius 1 is 1.32 bits per heavy atom. The smallest absolute Gasteiger partial charge is 0.137 e. The summed E-state index contributed by atoms with van der Waals surface area (Å²) in [7, 11) is 0. The minimum Gasteiger partial charge on any atom is -0.394 e. The SMILES string of the molecule is CCCc1nc(Cl)c(C)c(NCCCOCCO)n1. The summed E-state index contributed by atoms with van der Waals surface area (Å²) in [6.45, 7) is 5.82. The summed E-state index contributed by atoms with van der Waals surface area (Å²) in [5.41, 5.74) is 0.873. The summed E-state index contributed by atoms with van der Waals surface area (Å²) in [6, 6.07) is 0. The van der Waals surface area contributed by atoms with Gasteiger partial charge in [0.1, 0.15) is 16.8 Å². The molecule has 1 aromatic heterocycles. The summed E-state index contributed by atoms with van der Waals surface area (Å²) >= 11 is 6.09. The number of halogens is 1. The monoisotopic (exact) mass is 287 g/mol. The van der Waals surface area contributed by atoms with E-state index >= 15 is 0 Å². The molecular formula is C13H22ClN3O2. The van der Waals surface area contributed by atoms with Gasteiger partial charge in [-0.05, 0) is 19.8 Å². The van der Waals surface area contributed by atoms with E-state index < -0.39 is 0 Å². The number of anilines is 1. The minimum atomic E-state index is 0.0639. The summed E-state index contributed by atoms with van der Waals surface area (Å²) in [5, 5.41) is 12.3. The third-order valence-corrected chi connectivity index (χ3v) is 2.97. The van der Waals surface area contributed by atoms with Crippen LogP contribution in [0.15, 0.2) is 0 Å². The molecule has 0 aliphatic carbocycles. The number of aliphatic hydroxyl groups excluding tert-OH is 1. The standard InChI is InChI=1S/C13H22ClN3O2/c1-3-5-11-16-12(14)10(2)13(17-11)15-6-4-8-19-9-7-18/h18H,3-9H2,1-2H3,(H,15,16,17). The van der Waals surface area contributed by atoms with Gasteiger partial charge in [-0.25, -0.2) is 9.97 Å². The Bertz CT molecular complexity index is 388. The topological polar surface area (TPSA) is 67.3 Å². The molecule has 2 N–H and O–H groups in total. The molecule has 0 amide bonds. The molecule has 1 aromatic rings. The highest BCUT2D eigenvalue weighted by molar-refractivity contribution is 6.30. The van der Waals surface area contributed by atoms with Crippen LogP contribution in [-0.4, -0.2) is 41.4 Å². The van der Waals surface area contributed by atoms with Crippen LogP contribution >= 0.6 is 11.6 Å². The van der Waals surface area contributed by atoms with Crippen molar-refractivity contribution in [2.24, 2.45) is 0 Å². The molecular weight excluding hydrogens is 266 g/mol. The molecule has 1 heterocycles. The number of aromatic nitrogens is 2. The second-order valence-electron chi connectivity index (χ2n) is 4.27. The van der Waals surface area contributed by atoms with E-state index in [1.54, 1.807) is 0 Å². The van der Waals surface area contributed by atoms with Crippen LogP contribution in [0.4, 0.5) is 5.82 Å². The van der Waals surface area contributed by atoms with E-state index in [4.69, 9.17) is 21.4 Å². The van der Waals surface area contributed by atoms with Crippen molar-refractivity contribution in [1.29, 1.82) is 0 Å². The van der Waals surface area contributed by atoms with Gasteiger partial charge in [0, 0.05) is 25.1 Å². The van der Waals surface area contributed by atoms with E-state index in [0.717, 1.165) is 43.0 Å². The van der Waals surface area contributed by atoms with E-state index in [1.807, 2.05) is 6.92 Å². The van der Waals surface area contributed by atoms with E-state index in [9.17, 15) is 0 Å². The zero-order valence-corrected chi connectivity index (χ0v) is 12.3. The largest absolute Gasteiger partial charge is 0.394 e. The lowest BCUT2D eigenvalue weighted by Crippen LogP contribution is -2.11. The molecule has 0 unspecified atom stereocenters. The molecule has 0 bridgehead atoms. The van der Waals surface area contributed by atoms with Gasteiger partial charge in [0.25, 0.3) is 0 Å². The van der Waals surface area contributed by atoms with E-state index in [0.29, 0.717) is 18.4 Å². The Labute approximate surface area is 119 Å². The number of nitrogens with one attached hydrogen (secondary N) is 1. The van der Waals surface area contributed by atoms with Crippen molar-refractivity contribution in [3.05, 3.63) is 16.5 Å². The van der Waals surface area contributed by atoms with Crippen LogP contribution in [0.3, 0.4) is 0 Å². The Morgan fingerprint density at radius 3 is 2.79 bits per heavy atom. The third-order valence-electron chi connectivity index (χ3n) is 2.60. The molecule has 6 heteroatoms. The molecule has 1 rings (SSSR count). The molecule has 0 fully saturated rings. The third kappa shape index (κ3) is 5.72. The van der Waals surface area contributed by atoms with Gasteiger partial charge in [0.15, 0.2) is 0 Å². The molecule has 0 aromatic carbocycles. The quantitative estimate of drug-likeness (QED) is 0.538. The number of rotatable bonds is 9. The van der Waals surface area contributed by atoms with Crippen molar-refractivity contribution in [3.63, 3.8) is 0 Å². The molecule has 0 aliphatic rings. The second-order valence-corrected chi connectivity index (χ2v) is 4.63. The van der Waals surface area contributed by atoms with Crippen LogP contribution in [-0.2, 0) is 11.2 Å².